The van der Waals surface area contributed by atoms with Gasteiger partial charge in [0.05, 0.1) is 16.6 Å². The Morgan fingerprint density at radius 2 is 1.50 bits per heavy atom. The van der Waals surface area contributed by atoms with E-state index in [1.807, 2.05) is 0 Å². The quantitative estimate of drug-likeness (QED) is 0.287. The molecule has 6 aromatic rings. The van der Waals surface area contributed by atoms with Crippen LogP contribution >= 0.6 is 0 Å². The van der Waals surface area contributed by atoms with E-state index in [1.165, 1.54) is 43.5 Å². The van der Waals surface area contributed by atoms with Crippen molar-refractivity contribution in [3.63, 3.8) is 0 Å². The van der Waals surface area contributed by atoms with Crippen molar-refractivity contribution >= 4 is 49.1 Å². The lowest BCUT2D eigenvalue weighted by Crippen LogP contribution is -1.95. The predicted molar refractivity (Wildman–Crippen MR) is 119 cm³/mol. The lowest BCUT2D eigenvalue weighted by Gasteiger charge is -2.14. The number of nitrogens with zero attached hydrogens (tertiary/aromatic N) is 2. The molecule has 0 aliphatic heterocycles. The first-order valence-corrected chi connectivity index (χ1v) is 9.86. The Bertz CT molecular complexity index is 1540. The molecule has 0 fully saturated rings. The van der Waals surface area contributed by atoms with Crippen molar-refractivity contribution in [2.45, 2.75) is 19.8 Å². The molecule has 0 unspecified atom stereocenters. The van der Waals surface area contributed by atoms with Gasteiger partial charge >= 0.3 is 0 Å². The second-order valence-corrected chi connectivity index (χ2v) is 7.90. The summed E-state index contributed by atoms with van der Waals surface area (Å²) in [6.45, 7) is 4.50. The van der Waals surface area contributed by atoms with Crippen LogP contribution in [0.25, 0.3) is 49.1 Å². The van der Waals surface area contributed by atoms with E-state index in [1.54, 1.807) is 0 Å². The molecule has 0 spiro atoms. The molecule has 0 N–H and O–H groups in total. The Kier molecular flexibility index (Phi) is 3.10. The summed E-state index contributed by atoms with van der Waals surface area (Å²) in [6, 6.07) is 28.4. The van der Waals surface area contributed by atoms with E-state index >= 15 is 0 Å². The van der Waals surface area contributed by atoms with Gasteiger partial charge in [0.15, 0.2) is 0 Å². The van der Waals surface area contributed by atoms with Gasteiger partial charge in [-0.25, -0.2) is 4.98 Å². The third-order valence-electron chi connectivity index (χ3n) is 5.93. The summed E-state index contributed by atoms with van der Waals surface area (Å²) in [5.41, 5.74) is 5.84. The number of fused-ring (bicyclic) bond motifs is 10. The molecule has 2 heterocycles. The van der Waals surface area contributed by atoms with Crippen LogP contribution in [0, 0.1) is 0 Å². The number of para-hydroxylation sites is 2. The van der Waals surface area contributed by atoms with Gasteiger partial charge in [-0.1, -0.05) is 74.5 Å². The van der Waals surface area contributed by atoms with E-state index < -0.39 is 0 Å². The first-order chi connectivity index (χ1) is 13.7. The molecule has 4 aromatic carbocycles. The van der Waals surface area contributed by atoms with Gasteiger partial charge in [0.25, 0.3) is 0 Å². The van der Waals surface area contributed by atoms with Crippen LogP contribution in [-0.4, -0.2) is 9.38 Å². The first-order valence-electron chi connectivity index (χ1n) is 9.86. The van der Waals surface area contributed by atoms with Crippen LogP contribution in [-0.2, 0) is 0 Å². The van der Waals surface area contributed by atoms with E-state index in [2.05, 4.69) is 97.1 Å². The normalized spacial score (nSPS) is 12.2. The predicted octanol–water partition coefficient (Wildman–Crippen LogP) is 7.07. The van der Waals surface area contributed by atoms with Gasteiger partial charge in [0, 0.05) is 10.8 Å². The maximum absolute atomic E-state index is 5.08. The van der Waals surface area contributed by atoms with Crippen molar-refractivity contribution in [3.05, 3.63) is 84.4 Å². The van der Waals surface area contributed by atoms with E-state index in [9.17, 15) is 0 Å². The van der Waals surface area contributed by atoms with Crippen LogP contribution in [0.2, 0.25) is 0 Å². The van der Waals surface area contributed by atoms with Gasteiger partial charge in [-0.05, 0) is 45.8 Å². The lowest BCUT2D eigenvalue weighted by molar-refractivity contribution is 0.868. The monoisotopic (exact) mass is 360 g/mol. The molecule has 28 heavy (non-hydrogen) atoms. The van der Waals surface area contributed by atoms with E-state index in [0.29, 0.717) is 5.92 Å². The van der Waals surface area contributed by atoms with Gasteiger partial charge in [-0.2, -0.15) is 0 Å². The van der Waals surface area contributed by atoms with E-state index in [-0.39, 0.29) is 0 Å². The van der Waals surface area contributed by atoms with Gasteiger partial charge in [0.2, 0.25) is 0 Å². The van der Waals surface area contributed by atoms with Crippen molar-refractivity contribution in [1.29, 1.82) is 0 Å². The maximum atomic E-state index is 5.08. The highest BCUT2D eigenvalue weighted by Gasteiger charge is 2.16. The Labute approximate surface area is 163 Å². The highest BCUT2D eigenvalue weighted by molar-refractivity contribution is 6.23. The zero-order valence-corrected chi connectivity index (χ0v) is 16.0. The molecule has 134 valence electrons. The third kappa shape index (κ3) is 2.00. The molecule has 0 saturated carbocycles. The molecule has 0 saturated heterocycles. The SMILES string of the molecule is CC(C)c1ccc2c3ccc4ccccc4c3c3nc4ccccc4n3c2c1. The number of hydrogen-bond donors (Lipinski definition) is 0. The molecule has 2 aromatic heterocycles. The highest BCUT2D eigenvalue weighted by Crippen LogP contribution is 2.37. The summed E-state index contributed by atoms with van der Waals surface area (Å²) in [5.74, 6) is 0.488. The molecule has 0 atom stereocenters. The molecule has 0 radical (unpaired) electrons. The number of benzene rings is 4. The second-order valence-electron chi connectivity index (χ2n) is 7.90. The zero-order valence-electron chi connectivity index (χ0n) is 16.0. The van der Waals surface area contributed by atoms with Crippen LogP contribution in [0.15, 0.2) is 78.9 Å². The molecule has 0 amide bonds. The molecule has 2 heteroatoms. The zero-order chi connectivity index (χ0) is 18.8. The van der Waals surface area contributed by atoms with Gasteiger partial charge in [-0.15, -0.1) is 0 Å². The fraction of sp³-hybridized carbons (Fsp3) is 0.115. The molecule has 6 rings (SSSR count). The van der Waals surface area contributed by atoms with Crippen LogP contribution < -0.4 is 0 Å². The maximum Gasteiger partial charge on any atom is 0.147 e. The highest BCUT2D eigenvalue weighted by atomic mass is 15.0. The summed E-state index contributed by atoms with van der Waals surface area (Å²) in [5, 5.41) is 6.30. The average molecular weight is 360 g/mol. The van der Waals surface area contributed by atoms with Gasteiger partial charge in [0.1, 0.15) is 5.65 Å². The average Bonchev–Trinajstić information content (AvgIpc) is 3.12. The molecule has 2 nitrogen and oxygen atoms in total. The Hall–Kier alpha value is -3.39. The molecule has 0 aliphatic rings. The van der Waals surface area contributed by atoms with Crippen LogP contribution in [0.4, 0.5) is 0 Å². The first kappa shape index (κ1) is 15.6. The minimum atomic E-state index is 0.488. The van der Waals surface area contributed by atoms with Crippen molar-refractivity contribution in [1.82, 2.24) is 9.38 Å². The smallest absolute Gasteiger partial charge is 0.147 e. The van der Waals surface area contributed by atoms with Crippen molar-refractivity contribution in [3.8, 4) is 0 Å². The van der Waals surface area contributed by atoms with Crippen molar-refractivity contribution in [2.24, 2.45) is 0 Å². The molecular weight excluding hydrogens is 340 g/mol. The Balaban J connectivity index is 1.99. The second kappa shape index (κ2) is 5.56. The fourth-order valence-corrected chi connectivity index (χ4v) is 4.49. The number of aromatic nitrogens is 2. The van der Waals surface area contributed by atoms with Gasteiger partial charge in [-0.3, -0.25) is 4.40 Å². The molecule has 0 bridgehead atoms. The molecular formula is C26H20N2. The lowest BCUT2D eigenvalue weighted by atomic mass is 9.96. The van der Waals surface area contributed by atoms with E-state index in [4.69, 9.17) is 4.98 Å². The summed E-state index contributed by atoms with van der Waals surface area (Å²) < 4.78 is 2.35. The minimum absolute atomic E-state index is 0.488. The number of hydrogen-bond acceptors (Lipinski definition) is 1. The number of rotatable bonds is 1. The molecule has 0 aliphatic carbocycles. The van der Waals surface area contributed by atoms with Crippen LogP contribution in [0.5, 0.6) is 0 Å². The van der Waals surface area contributed by atoms with Crippen LogP contribution in [0.3, 0.4) is 0 Å². The standard InChI is InChI=1S/C26H20N2/c1-16(2)18-12-13-20-21-14-11-17-7-3-4-8-19(17)25(21)26-27-22-9-5-6-10-23(22)28(26)24(20)15-18/h3-16H,1-2H3. The summed E-state index contributed by atoms with van der Waals surface area (Å²) in [7, 11) is 0. The largest absolute Gasteiger partial charge is 0.292 e. The van der Waals surface area contributed by atoms with Gasteiger partial charge < -0.3 is 0 Å². The summed E-state index contributed by atoms with van der Waals surface area (Å²) >= 11 is 0. The minimum Gasteiger partial charge on any atom is -0.292 e. The summed E-state index contributed by atoms with van der Waals surface area (Å²) in [4.78, 5) is 5.08. The van der Waals surface area contributed by atoms with E-state index in [0.717, 1.165) is 11.2 Å². The summed E-state index contributed by atoms with van der Waals surface area (Å²) in [6.07, 6.45) is 0. The third-order valence-corrected chi connectivity index (χ3v) is 5.93. The Morgan fingerprint density at radius 3 is 2.39 bits per heavy atom. The van der Waals surface area contributed by atoms with Crippen LogP contribution in [0.1, 0.15) is 25.3 Å². The topological polar surface area (TPSA) is 17.3 Å². The van der Waals surface area contributed by atoms with Crippen molar-refractivity contribution < 1.29 is 0 Å². The fourth-order valence-electron chi connectivity index (χ4n) is 4.49. The number of imidazole rings is 1. The Morgan fingerprint density at radius 1 is 0.714 bits per heavy atom. The number of pyridine rings is 1. The van der Waals surface area contributed by atoms with Crippen molar-refractivity contribution in [2.75, 3.05) is 0 Å².